The third kappa shape index (κ3) is 6.65. The number of hydrogen-bond donors (Lipinski definition) is 0. The molecule has 1 aliphatic rings. The van der Waals surface area contributed by atoms with Crippen LogP contribution in [0.1, 0.15) is 30.7 Å². The van der Waals surface area contributed by atoms with E-state index in [0.717, 1.165) is 28.2 Å². The predicted octanol–water partition coefficient (Wildman–Crippen LogP) is 11.0. The molecule has 1 aliphatic carbocycles. The minimum absolute atomic E-state index is 0. The number of rotatable bonds is 4. The maximum Gasteiger partial charge on any atom is 0.0266 e. The standard InChI is InChI=1S/C32H24N.C12H10N.Ir/c1-32(2)29-14-4-3-13-27(29)28-21-25(16-17-30(28)32)23-10-7-9-22(19-23)24-11-8-12-26(20-24)31-15-5-6-18-33-31;1-10-6-5-9-12(13-10)11-7-3-2-4-8-11;/h3-11,13-21H,1-2H3;2-7,9H,1H3;/q2*-1;. The van der Waals surface area contributed by atoms with Gasteiger partial charge in [-0.15, -0.1) is 71.3 Å². The van der Waals surface area contributed by atoms with Gasteiger partial charge in [-0.05, 0) is 81.5 Å². The van der Waals surface area contributed by atoms with Crippen LogP contribution >= 0.6 is 0 Å². The quantitative estimate of drug-likeness (QED) is 0.166. The number of hydrogen-bond acceptors (Lipinski definition) is 2. The molecule has 0 unspecified atom stereocenters. The Balaban J connectivity index is 0.000000232. The second kappa shape index (κ2) is 13.8. The first-order chi connectivity index (χ1) is 22.5. The predicted molar refractivity (Wildman–Crippen MR) is 190 cm³/mol. The van der Waals surface area contributed by atoms with Gasteiger partial charge in [0.2, 0.25) is 0 Å². The Hall–Kier alpha value is -4.95. The third-order valence-electron chi connectivity index (χ3n) is 8.73. The maximum atomic E-state index is 4.48. The van der Waals surface area contributed by atoms with Crippen molar-refractivity contribution in [3.63, 3.8) is 0 Å². The molecule has 3 heteroatoms. The van der Waals surface area contributed by atoms with E-state index in [1.807, 2.05) is 79.9 Å². The second-order valence-corrected chi connectivity index (χ2v) is 12.2. The van der Waals surface area contributed by atoms with Crippen LogP contribution < -0.4 is 0 Å². The number of nitrogens with zero attached hydrogens (tertiary/aromatic N) is 2. The Kier molecular flexibility index (Phi) is 9.40. The summed E-state index contributed by atoms with van der Waals surface area (Å²) in [5.41, 5.74) is 15.4. The van der Waals surface area contributed by atoms with Gasteiger partial charge in [-0.25, -0.2) is 0 Å². The minimum Gasteiger partial charge on any atom is -0.305 e. The van der Waals surface area contributed by atoms with E-state index in [1.165, 1.54) is 44.5 Å². The van der Waals surface area contributed by atoms with Gasteiger partial charge < -0.3 is 9.97 Å². The van der Waals surface area contributed by atoms with Crippen LogP contribution in [0, 0.1) is 19.1 Å². The summed E-state index contributed by atoms with van der Waals surface area (Å²) in [4.78, 5) is 8.89. The average Bonchev–Trinajstić information content (AvgIpc) is 3.35. The van der Waals surface area contributed by atoms with Crippen molar-refractivity contribution in [1.82, 2.24) is 9.97 Å². The summed E-state index contributed by atoms with van der Waals surface area (Å²) in [6, 6.07) is 57.1. The van der Waals surface area contributed by atoms with Crippen LogP contribution in [-0.4, -0.2) is 9.97 Å². The largest absolute Gasteiger partial charge is 0.305 e. The van der Waals surface area contributed by atoms with Gasteiger partial charge in [0.25, 0.3) is 0 Å². The topological polar surface area (TPSA) is 25.8 Å². The summed E-state index contributed by atoms with van der Waals surface area (Å²) < 4.78 is 0. The molecule has 0 amide bonds. The zero-order valence-electron chi connectivity index (χ0n) is 26.7. The summed E-state index contributed by atoms with van der Waals surface area (Å²) in [7, 11) is 0. The number of pyridine rings is 2. The van der Waals surface area contributed by atoms with Gasteiger partial charge in [0.15, 0.2) is 0 Å². The van der Waals surface area contributed by atoms with E-state index in [2.05, 4.69) is 115 Å². The van der Waals surface area contributed by atoms with E-state index in [-0.39, 0.29) is 25.5 Å². The van der Waals surface area contributed by atoms with Gasteiger partial charge in [0, 0.05) is 37.4 Å². The van der Waals surface area contributed by atoms with E-state index >= 15 is 0 Å². The number of aryl methyl sites for hydroxylation is 1. The van der Waals surface area contributed by atoms with Gasteiger partial charge in [0.1, 0.15) is 0 Å². The fraction of sp³-hybridized carbons (Fsp3) is 0.0909. The van der Waals surface area contributed by atoms with Gasteiger partial charge in [-0.1, -0.05) is 92.7 Å². The number of aromatic nitrogens is 2. The van der Waals surface area contributed by atoms with Crippen LogP contribution in [0.25, 0.3) is 55.9 Å². The fourth-order valence-corrected chi connectivity index (χ4v) is 6.34. The minimum atomic E-state index is 0. The Morgan fingerprint density at radius 3 is 1.96 bits per heavy atom. The van der Waals surface area contributed by atoms with Crippen LogP contribution in [0.3, 0.4) is 0 Å². The molecule has 2 aromatic heterocycles. The van der Waals surface area contributed by atoms with E-state index < -0.39 is 0 Å². The normalized spacial score (nSPS) is 12.1. The molecule has 0 saturated carbocycles. The Bertz CT molecular complexity index is 2140. The first kappa shape index (κ1) is 32.0. The van der Waals surface area contributed by atoms with Gasteiger partial charge >= 0.3 is 0 Å². The van der Waals surface area contributed by atoms with Gasteiger partial charge in [-0.2, -0.15) is 0 Å². The van der Waals surface area contributed by atoms with Crippen molar-refractivity contribution in [3.05, 3.63) is 181 Å². The van der Waals surface area contributed by atoms with Crippen molar-refractivity contribution >= 4 is 0 Å². The monoisotopic (exact) mass is 783 g/mol. The molecule has 2 heterocycles. The zero-order valence-corrected chi connectivity index (χ0v) is 29.1. The molecule has 0 bridgehead atoms. The molecule has 2 nitrogen and oxygen atoms in total. The van der Waals surface area contributed by atoms with Crippen molar-refractivity contribution in [2.45, 2.75) is 26.2 Å². The summed E-state index contributed by atoms with van der Waals surface area (Å²) in [6.07, 6.45) is 1.82. The summed E-state index contributed by atoms with van der Waals surface area (Å²) >= 11 is 0. The number of benzene rings is 5. The molecule has 7 aromatic rings. The van der Waals surface area contributed by atoms with Crippen molar-refractivity contribution in [1.29, 1.82) is 0 Å². The second-order valence-electron chi connectivity index (χ2n) is 12.2. The first-order valence-corrected chi connectivity index (χ1v) is 15.7. The molecule has 47 heavy (non-hydrogen) atoms. The van der Waals surface area contributed by atoms with Crippen molar-refractivity contribution < 1.29 is 20.1 Å². The number of fused-ring (bicyclic) bond motifs is 3. The zero-order chi connectivity index (χ0) is 31.5. The van der Waals surface area contributed by atoms with E-state index in [1.54, 1.807) is 0 Å². The fourth-order valence-electron chi connectivity index (χ4n) is 6.34. The third-order valence-corrected chi connectivity index (χ3v) is 8.73. The van der Waals surface area contributed by atoms with Crippen LogP contribution in [0.4, 0.5) is 0 Å². The van der Waals surface area contributed by atoms with Crippen molar-refractivity contribution in [2.75, 3.05) is 0 Å². The molecule has 8 rings (SSSR count). The first-order valence-electron chi connectivity index (χ1n) is 15.7. The summed E-state index contributed by atoms with van der Waals surface area (Å²) in [5.74, 6) is 0. The Labute approximate surface area is 291 Å². The van der Waals surface area contributed by atoms with E-state index in [4.69, 9.17) is 0 Å². The molecule has 0 aliphatic heterocycles. The van der Waals surface area contributed by atoms with Crippen LogP contribution in [0.5, 0.6) is 0 Å². The van der Waals surface area contributed by atoms with Crippen LogP contribution in [0.2, 0.25) is 0 Å². The van der Waals surface area contributed by atoms with Crippen LogP contribution in [-0.2, 0) is 25.5 Å². The SMILES string of the molecule is CC1(C)c2ccccc2-c2cc(-c3cccc(-c4cc[c-]c(-c5ccccn5)c4)c3)ccc21.Cc1cccc(-c2[c-]cccc2)n1.[Ir]. The smallest absolute Gasteiger partial charge is 0.0266 e. The molecule has 5 aromatic carbocycles. The Morgan fingerprint density at radius 1 is 0.511 bits per heavy atom. The van der Waals surface area contributed by atoms with Crippen molar-refractivity contribution in [3.8, 4) is 55.9 Å². The molecule has 0 saturated heterocycles. The van der Waals surface area contributed by atoms with Gasteiger partial charge in [-0.3, -0.25) is 0 Å². The molecular formula is C44H34IrN2-2. The molecule has 0 fully saturated rings. The summed E-state index contributed by atoms with van der Waals surface area (Å²) in [6.45, 7) is 6.64. The molecule has 0 N–H and O–H groups in total. The molecule has 231 valence electrons. The molecular weight excluding hydrogens is 749 g/mol. The summed E-state index contributed by atoms with van der Waals surface area (Å²) in [5, 5.41) is 0. The maximum absolute atomic E-state index is 4.48. The van der Waals surface area contributed by atoms with E-state index in [9.17, 15) is 0 Å². The van der Waals surface area contributed by atoms with Crippen LogP contribution in [0.15, 0.2) is 152 Å². The average molecular weight is 783 g/mol. The van der Waals surface area contributed by atoms with Gasteiger partial charge in [0.05, 0.1) is 0 Å². The van der Waals surface area contributed by atoms with E-state index in [0.29, 0.717) is 0 Å². The van der Waals surface area contributed by atoms with Crippen molar-refractivity contribution in [2.24, 2.45) is 0 Å². The molecule has 1 radical (unpaired) electrons. The Morgan fingerprint density at radius 2 is 1.19 bits per heavy atom. The molecule has 0 atom stereocenters. The molecule has 0 spiro atoms.